The van der Waals surface area contributed by atoms with E-state index in [0.29, 0.717) is 12.8 Å². The summed E-state index contributed by atoms with van der Waals surface area (Å²) in [6.07, 6.45) is -1.86. The van der Waals surface area contributed by atoms with Crippen molar-refractivity contribution in [2.45, 2.75) is 94.9 Å². The lowest BCUT2D eigenvalue weighted by atomic mass is 9.99. The summed E-state index contributed by atoms with van der Waals surface area (Å²) in [7, 11) is -5.09. The molecule has 7 N–H and O–H groups in total. The number of ether oxygens (including phenoxy) is 2. The second-order valence-corrected chi connectivity index (χ2v) is 9.39. The lowest BCUT2D eigenvalue weighted by Crippen LogP contribution is -2.61. The molecule has 0 saturated carbocycles. The quantitative estimate of drug-likeness (QED) is 0.0920. The Balaban J connectivity index is 2.92. The van der Waals surface area contributed by atoms with E-state index in [0.717, 1.165) is 6.42 Å². The number of hydrogen-bond donors (Lipinski definition) is 7. The second-order valence-electron chi connectivity index (χ2n) is 8.34. The van der Waals surface area contributed by atoms with Crippen molar-refractivity contribution in [3.8, 4) is 0 Å². The molecule has 36 heavy (non-hydrogen) atoms. The van der Waals surface area contributed by atoms with Crippen LogP contribution in [-0.4, -0.2) is 107 Å². The first kappa shape index (κ1) is 32.6. The average molecular weight is 542 g/mol. The van der Waals surface area contributed by atoms with Gasteiger partial charge in [0, 0.05) is 6.42 Å². The number of nitrogens with one attached hydrogen (secondary N) is 1. The molecule has 0 aliphatic carbocycles. The van der Waals surface area contributed by atoms with Crippen LogP contribution < -0.4 is 5.32 Å². The average Bonchev–Trinajstić information content (AvgIpc) is 2.81. The molecule has 1 fully saturated rings. The molecule has 0 bridgehead atoms. The lowest BCUT2D eigenvalue weighted by molar-refractivity contribution is -0.299. The Morgan fingerprint density at radius 1 is 1.11 bits per heavy atom. The fourth-order valence-electron chi connectivity index (χ4n) is 3.50. The number of rotatable bonds is 16. The number of hydrogen-bond acceptors (Lipinski definition) is 11. The van der Waals surface area contributed by atoms with Crippen molar-refractivity contribution >= 4 is 16.3 Å². The van der Waals surface area contributed by atoms with Crippen LogP contribution in [0, 0.1) is 0 Å². The molecule has 1 aliphatic heterocycles. The highest BCUT2D eigenvalue weighted by atomic mass is 32.3. The molecule has 1 heterocycles. The number of carbonyl (C=O) groups excluding carboxylic acids is 1. The van der Waals surface area contributed by atoms with Gasteiger partial charge in [-0.1, -0.05) is 44.6 Å². The fourth-order valence-corrected chi connectivity index (χ4v) is 4.01. The summed E-state index contributed by atoms with van der Waals surface area (Å²) in [5, 5.41) is 53.3. The first-order chi connectivity index (χ1) is 16.9. The molecule has 0 spiro atoms. The van der Waals surface area contributed by atoms with Crippen molar-refractivity contribution in [2.24, 2.45) is 0 Å². The van der Waals surface area contributed by atoms with Crippen molar-refractivity contribution in [3.63, 3.8) is 0 Å². The molecule has 0 aromatic carbocycles. The Bertz CT molecular complexity index is 805. The van der Waals surface area contributed by atoms with Crippen LogP contribution in [-0.2, 0) is 28.9 Å². The van der Waals surface area contributed by atoms with Crippen LogP contribution >= 0.6 is 0 Å². The number of aliphatic hydroxyl groups is 5. The highest BCUT2D eigenvalue weighted by Gasteiger charge is 2.48. The summed E-state index contributed by atoms with van der Waals surface area (Å²) < 4.78 is 46.2. The number of allylic oxidation sites excluding steroid dienone is 3. The maximum atomic E-state index is 12.4. The molecular weight excluding hydrogens is 502 g/mol. The number of amides is 1. The monoisotopic (exact) mass is 541 g/mol. The third kappa shape index (κ3) is 11.3. The van der Waals surface area contributed by atoms with Gasteiger partial charge in [-0.25, -0.2) is 4.18 Å². The number of carbonyl (C=O) groups is 1. The van der Waals surface area contributed by atoms with E-state index >= 15 is 0 Å². The van der Waals surface area contributed by atoms with Crippen molar-refractivity contribution in [1.29, 1.82) is 0 Å². The highest BCUT2D eigenvalue weighted by Crippen LogP contribution is 2.26. The third-order valence-corrected chi connectivity index (χ3v) is 5.84. The molecule has 8 unspecified atom stereocenters. The maximum Gasteiger partial charge on any atom is 0.397 e. The fraction of sp³-hybridized carbons (Fsp3) is 0.773. The van der Waals surface area contributed by atoms with E-state index in [1.165, 1.54) is 0 Å². The largest absolute Gasteiger partial charge is 0.397 e. The van der Waals surface area contributed by atoms with Gasteiger partial charge in [0.25, 0.3) is 0 Å². The van der Waals surface area contributed by atoms with E-state index in [1.807, 2.05) is 19.1 Å². The van der Waals surface area contributed by atoms with Gasteiger partial charge in [0.1, 0.15) is 30.5 Å². The SMILES string of the molecule is CCC=CCC=CCC(=O)NC(COC1OC(CO)C(O)C(OS(=O)(=O)O)C1O)C(O)C(O)CCC. The van der Waals surface area contributed by atoms with Gasteiger partial charge in [0.2, 0.25) is 5.91 Å². The normalized spacial score (nSPS) is 27.8. The number of aliphatic hydroxyl groups excluding tert-OH is 5. The Hall–Kier alpha value is -1.46. The summed E-state index contributed by atoms with van der Waals surface area (Å²) in [6, 6.07) is -1.16. The van der Waals surface area contributed by atoms with Crippen LogP contribution in [0.2, 0.25) is 0 Å². The molecule has 13 nitrogen and oxygen atoms in total. The summed E-state index contributed by atoms with van der Waals surface area (Å²) in [5.41, 5.74) is 0. The van der Waals surface area contributed by atoms with E-state index in [2.05, 4.69) is 9.50 Å². The highest BCUT2D eigenvalue weighted by molar-refractivity contribution is 7.80. The first-order valence-corrected chi connectivity index (χ1v) is 13.2. The van der Waals surface area contributed by atoms with Crippen LogP contribution in [0.1, 0.15) is 46.0 Å². The van der Waals surface area contributed by atoms with E-state index in [1.54, 1.807) is 19.1 Å². The molecule has 1 rings (SSSR count). The zero-order chi connectivity index (χ0) is 27.3. The Kier molecular flexibility index (Phi) is 14.8. The molecule has 210 valence electrons. The molecule has 0 radical (unpaired) electrons. The Labute approximate surface area is 211 Å². The van der Waals surface area contributed by atoms with Crippen LogP contribution in [0.15, 0.2) is 24.3 Å². The smallest absolute Gasteiger partial charge is 0.394 e. The van der Waals surface area contributed by atoms with E-state index < -0.39 is 78.5 Å². The summed E-state index contributed by atoms with van der Waals surface area (Å²) in [4.78, 5) is 12.4. The molecule has 1 aliphatic rings. The molecule has 1 amide bonds. The Morgan fingerprint density at radius 3 is 2.36 bits per heavy atom. The van der Waals surface area contributed by atoms with Crippen molar-refractivity contribution in [2.75, 3.05) is 13.2 Å². The molecule has 0 aromatic rings. The van der Waals surface area contributed by atoms with Crippen LogP contribution in [0.5, 0.6) is 0 Å². The summed E-state index contributed by atoms with van der Waals surface area (Å²) in [5.74, 6) is -0.483. The summed E-state index contributed by atoms with van der Waals surface area (Å²) >= 11 is 0. The van der Waals surface area contributed by atoms with Crippen LogP contribution in [0.25, 0.3) is 0 Å². The van der Waals surface area contributed by atoms with E-state index in [-0.39, 0.29) is 12.8 Å². The van der Waals surface area contributed by atoms with Gasteiger partial charge in [0.15, 0.2) is 6.29 Å². The summed E-state index contributed by atoms with van der Waals surface area (Å²) in [6.45, 7) is 2.47. The molecule has 8 atom stereocenters. The van der Waals surface area contributed by atoms with Gasteiger partial charge in [-0.15, -0.1) is 0 Å². The lowest BCUT2D eigenvalue weighted by Gasteiger charge is -2.41. The predicted octanol–water partition coefficient (Wildman–Crippen LogP) is -1.06. The van der Waals surface area contributed by atoms with Gasteiger partial charge < -0.3 is 40.3 Å². The van der Waals surface area contributed by atoms with Crippen molar-refractivity contribution in [3.05, 3.63) is 24.3 Å². The predicted molar refractivity (Wildman–Crippen MR) is 127 cm³/mol. The zero-order valence-corrected chi connectivity index (χ0v) is 21.2. The first-order valence-electron chi connectivity index (χ1n) is 11.8. The minimum absolute atomic E-state index is 0.0152. The molecule has 0 aromatic heterocycles. The van der Waals surface area contributed by atoms with Gasteiger partial charge in [-0.05, 0) is 19.3 Å². The third-order valence-electron chi connectivity index (χ3n) is 5.38. The van der Waals surface area contributed by atoms with Crippen LogP contribution in [0.3, 0.4) is 0 Å². The minimum Gasteiger partial charge on any atom is -0.394 e. The molecule has 14 heteroatoms. The van der Waals surface area contributed by atoms with Gasteiger partial charge in [-0.3, -0.25) is 9.35 Å². The molecular formula is C22H39NO12S. The van der Waals surface area contributed by atoms with E-state index in [9.17, 15) is 38.7 Å². The van der Waals surface area contributed by atoms with Crippen molar-refractivity contribution < 1.29 is 57.0 Å². The van der Waals surface area contributed by atoms with Crippen LogP contribution in [0.4, 0.5) is 0 Å². The van der Waals surface area contributed by atoms with Gasteiger partial charge >= 0.3 is 10.4 Å². The maximum absolute atomic E-state index is 12.4. The van der Waals surface area contributed by atoms with Crippen molar-refractivity contribution in [1.82, 2.24) is 5.32 Å². The van der Waals surface area contributed by atoms with Gasteiger partial charge in [0.05, 0.1) is 25.4 Å². The standard InChI is InChI=1S/C22H39NO12S/c1-3-5-6-7-8-9-11-17(26)23-14(18(27)15(25)10-4-2)13-33-22-20(29)21(35-36(30,31)32)19(28)16(12-24)34-22/h5-6,8-9,14-16,18-22,24-25,27-29H,3-4,7,10-13H2,1-2H3,(H,23,26)(H,30,31,32). The van der Waals surface area contributed by atoms with Gasteiger partial charge in [-0.2, -0.15) is 8.42 Å². The Morgan fingerprint density at radius 2 is 1.78 bits per heavy atom. The topological polar surface area (TPSA) is 212 Å². The minimum atomic E-state index is -5.09. The van der Waals surface area contributed by atoms with E-state index in [4.69, 9.17) is 14.0 Å². The second kappa shape index (κ2) is 16.4. The zero-order valence-electron chi connectivity index (χ0n) is 20.4. The molecule has 1 saturated heterocycles.